The van der Waals surface area contributed by atoms with Crippen molar-refractivity contribution in [3.8, 4) is 5.75 Å². The quantitative estimate of drug-likeness (QED) is 0.810. The maximum Gasteiger partial charge on any atom is 0.142 e. The van der Waals surface area contributed by atoms with Gasteiger partial charge in [-0.05, 0) is 19.1 Å². The van der Waals surface area contributed by atoms with Crippen LogP contribution in [0.15, 0.2) is 18.3 Å². The predicted molar refractivity (Wildman–Crippen MR) is 66.9 cm³/mol. The van der Waals surface area contributed by atoms with Crippen molar-refractivity contribution in [3.05, 3.63) is 35.4 Å². The second-order valence-corrected chi connectivity index (χ2v) is 4.26. The first-order chi connectivity index (χ1) is 8.19. The summed E-state index contributed by atoms with van der Waals surface area (Å²) in [4.78, 5) is 4.40. The van der Waals surface area contributed by atoms with Gasteiger partial charge < -0.3 is 4.74 Å². The van der Waals surface area contributed by atoms with Gasteiger partial charge in [-0.25, -0.2) is 0 Å². The van der Waals surface area contributed by atoms with E-state index < -0.39 is 0 Å². The van der Waals surface area contributed by atoms with Gasteiger partial charge in [0.2, 0.25) is 0 Å². The maximum absolute atomic E-state index is 5.67. The van der Waals surface area contributed by atoms with E-state index in [9.17, 15) is 0 Å². The predicted octanol–water partition coefficient (Wildman–Crippen LogP) is 1.99. The SMILES string of the molecule is Cc1ccc(OCc2cn(C)nn2)c(CBr)n1. The van der Waals surface area contributed by atoms with Crippen LogP contribution in [0.1, 0.15) is 17.1 Å². The van der Waals surface area contributed by atoms with Gasteiger partial charge in [-0.15, -0.1) is 5.10 Å². The van der Waals surface area contributed by atoms with Gasteiger partial charge in [-0.3, -0.25) is 9.67 Å². The molecule has 0 bridgehead atoms. The Balaban J connectivity index is 2.08. The first-order valence-corrected chi connectivity index (χ1v) is 6.31. The summed E-state index contributed by atoms with van der Waals surface area (Å²) >= 11 is 3.40. The summed E-state index contributed by atoms with van der Waals surface area (Å²) in [5, 5.41) is 8.48. The first-order valence-electron chi connectivity index (χ1n) is 5.19. The van der Waals surface area contributed by atoms with Crippen LogP contribution in [-0.2, 0) is 19.0 Å². The molecule has 0 aliphatic rings. The first kappa shape index (κ1) is 12.0. The summed E-state index contributed by atoms with van der Waals surface area (Å²) in [6.07, 6.45) is 1.83. The molecule has 0 aliphatic carbocycles. The minimum Gasteiger partial charge on any atom is -0.485 e. The van der Waals surface area contributed by atoms with Gasteiger partial charge in [0.05, 0.1) is 11.9 Å². The van der Waals surface area contributed by atoms with Crippen molar-refractivity contribution in [2.75, 3.05) is 0 Å². The van der Waals surface area contributed by atoms with E-state index in [0.29, 0.717) is 11.9 Å². The average Bonchev–Trinajstić information content (AvgIpc) is 2.73. The van der Waals surface area contributed by atoms with Gasteiger partial charge in [0.25, 0.3) is 0 Å². The number of hydrogen-bond acceptors (Lipinski definition) is 4. The smallest absolute Gasteiger partial charge is 0.142 e. The lowest BCUT2D eigenvalue weighted by Gasteiger charge is -2.08. The summed E-state index contributed by atoms with van der Waals surface area (Å²) < 4.78 is 7.32. The number of rotatable bonds is 4. The topological polar surface area (TPSA) is 52.8 Å². The highest BCUT2D eigenvalue weighted by Crippen LogP contribution is 2.20. The molecule has 0 unspecified atom stereocenters. The highest BCUT2D eigenvalue weighted by atomic mass is 79.9. The monoisotopic (exact) mass is 296 g/mol. The normalized spacial score (nSPS) is 10.5. The van der Waals surface area contributed by atoms with Gasteiger partial charge in [0, 0.05) is 18.1 Å². The fourth-order valence-corrected chi connectivity index (χ4v) is 1.84. The summed E-state index contributed by atoms with van der Waals surface area (Å²) in [5.74, 6) is 0.776. The third kappa shape index (κ3) is 3.03. The van der Waals surface area contributed by atoms with Crippen molar-refractivity contribution in [1.82, 2.24) is 20.0 Å². The zero-order valence-electron chi connectivity index (χ0n) is 9.72. The van der Waals surface area contributed by atoms with Crippen molar-refractivity contribution >= 4 is 15.9 Å². The molecule has 2 rings (SSSR count). The lowest BCUT2D eigenvalue weighted by atomic mass is 10.3. The van der Waals surface area contributed by atoms with Crippen molar-refractivity contribution in [1.29, 1.82) is 0 Å². The molecule has 0 amide bonds. The molecule has 90 valence electrons. The standard InChI is InChI=1S/C11H13BrN4O/c1-8-3-4-11(10(5-12)13-8)17-7-9-6-16(2)15-14-9/h3-4,6H,5,7H2,1-2H3. The van der Waals surface area contributed by atoms with Crippen molar-refractivity contribution < 1.29 is 4.74 Å². The fourth-order valence-electron chi connectivity index (χ4n) is 1.44. The van der Waals surface area contributed by atoms with E-state index in [-0.39, 0.29) is 0 Å². The fraction of sp³-hybridized carbons (Fsp3) is 0.364. The van der Waals surface area contributed by atoms with Crippen LogP contribution >= 0.6 is 15.9 Å². The number of alkyl halides is 1. The molecule has 0 aromatic carbocycles. The Bertz CT molecular complexity index is 512. The van der Waals surface area contributed by atoms with Gasteiger partial charge in [0.1, 0.15) is 18.1 Å². The van der Waals surface area contributed by atoms with Crippen molar-refractivity contribution in [2.45, 2.75) is 18.9 Å². The van der Waals surface area contributed by atoms with E-state index in [0.717, 1.165) is 22.8 Å². The van der Waals surface area contributed by atoms with Gasteiger partial charge >= 0.3 is 0 Å². The van der Waals surface area contributed by atoms with Gasteiger partial charge in [0.15, 0.2) is 0 Å². The van der Waals surface area contributed by atoms with Crippen molar-refractivity contribution in [3.63, 3.8) is 0 Å². The molecule has 0 atom stereocenters. The minimum absolute atomic E-state index is 0.401. The van der Waals surface area contributed by atoms with Crippen LogP contribution in [0, 0.1) is 6.92 Å². The number of hydrogen-bond donors (Lipinski definition) is 0. The maximum atomic E-state index is 5.67. The zero-order valence-corrected chi connectivity index (χ0v) is 11.3. The molecule has 0 aliphatic heterocycles. The minimum atomic E-state index is 0.401. The Morgan fingerprint density at radius 3 is 2.88 bits per heavy atom. The molecular weight excluding hydrogens is 284 g/mol. The molecular formula is C11H13BrN4O. The van der Waals surface area contributed by atoms with E-state index in [4.69, 9.17) is 4.74 Å². The lowest BCUT2D eigenvalue weighted by molar-refractivity contribution is 0.297. The van der Waals surface area contributed by atoms with Crippen LogP contribution in [0.3, 0.4) is 0 Å². The summed E-state index contributed by atoms with van der Waals surface area (Å²) in [6, 6.07) is 3.85. The molecule has 2 aromatic rings. The summed E-state index contributed by atoms with van der Waals surface area (Å²) in [5.41, 5.74) is 2.67. The number of ether oxygens (including phenoxy) is 1. The molecule has 5 nitrogen and oxygen atoms in total. The molecule has 6 heteroatoms. The zero-order chi connectivity index (χ0) is 12.3. The lowest BCUT2D eigenvalue weighted by Crippen LogP contribution is -2.00. The van der Waals surface area contributed by atoms with E-state index in [2.05, 4.69) is 31.2 Å². The second-order valence-electron chi connectivity index (χ2n) is 3.70. The molecule has 0 saturated carbocycles. The Labute approximate surface area is 108 Å². The van der Waals surface area contributed by atoms with Gasteiger partial charge in [-0.2, -0.15) is 0 Å². The summed E-state index contributed by atoms with van der Waals surface area (Å²) in [6.45, 7) is 2.36. The van der Waals surface area contributed by atoms with Crippen LogP contribution < -0.4 is 4.74 Å². The third-order valence-corrected chi connectivity index (χ3v) is 2.76. The molecule has 0 N–H and O–H groups in total. The highest BCUT2D eigenvalue weighted by molar-refractivity contribution is 9.08. The Morgan fingerprint density at radius 1 is 1.41 bits per heavy atom. The van der Waals surface area contributed by atoms with Crippen LogP contribution in [0.5, 0.6) is 5.75 Å². The molecule has 2 aromatic heterocycles. The summed E-state index contributed by atoms with van der Waals surface area (Å²) in [7, 11) is 1.83. The number of nitrogens with zero attached hydrogens (tertiary/aromatic N) is 4. The molecule has 2 heterocycles. The molecule has 0 fully saturated rings. The van der Waals surface area contributed by atoms with E-state index in [1.54, 1.807) is 4.68 Å². The third-order valence-electron chi connectivity index (χ3n) is 2.22. The van der Waals surface area contributed by atoms with Crippen LogP contribution in [-0.4, -0.2) is 20.0 Å². The average molecular weight is 297 g/mol. The molecule has 0 radical (unpaired) electrons. The number of aromatic nitrogens is 4. The Morgan fingerprint density at radius 2 is 2.24 bits per heavy atom. The van der Waals surface area contributed by atoms with E-state index in [1.807, 2.05) is 32.3 Å². The Hall–Kier alpha value is -1.43. The molecule has 0 spiro atoms. The number of aryl methyl sites for hydroxylation is 2. The van der Waals surface area contributed by atoms with E-state index >= 15 is 0 Å². The Kier molecular flexibility index (Phi) is 3.73. The number of halogens is 1. The van der Waals surface area contributed by atoms with Crippen molar-refractivity contribution in [2.24, 2.45) is 7.05 Å². The van der Waals surface area contributed by atoms with Crippen LogP contribution in [0.4, 0.5) is 0 Å². The number of pyridine rings is 1. The van der Waals surface area contributed by atoms with Crippen LogP contribution in [0.2, 0.25) is 0 Å². The largest absolute Gasteiger partial charge is 0.485 e. The molecule has 0 saturated heterocycles. The van der Waals surface area contributed by atoms with E-state index in [1.165, 1.54) is 0 Å². The second kappa shape index (κ2) is 5.27. The molecule has 17 heavy (non-hydrogen) atoms. The van der Waals surface area contributed by atoms with Gasteiger partial charge in [-0.1, -0.05) is 21.1 Å². The highest BCUT2D eigenvalue weighted by Gasteiger charge is 2.06. The van der Waals surface area contributed by atoms with Crippen LogP contribution in [0.25, 0.3) is 0 Å².